The maximum Gasteiger partial charge on any atom is 0.263 e. The van der Waals surface area contributed by atoms with Crippen LogP contribution in [0.5, 0.6) is 5.88 Å². The standard InChI is InChI=1S/C20H21N5O3S2/c1-14(15-6-4-3-5-7-15)23-20(29)24-16-8-10-17(11-9-16)30(26,27)25-18-12-19(28-2)22-13-21-18/h3-14H,1-2H3,(H,21,22,25)(H2,23,24,29). The first kappa shape index (κ1) is 21.5. The molecule has 1 atom stereocenters. The first-order valence-corrected chi connectivity index (χ1v) is 10.9. The van der Waals surface area contributed by atoms with E-state index in [9.17, 15) is 8.42 Å². The molecule has 0 aliphatic carbocycles. The van der Waals surface area contributed by atoms with E-state index in [1.165, 1.54) is 31.6 Å². The molecule has 0 amide bonds. The van der Waals surface area contributed by atoms with Crippen LogP contribution in [0, 0.1) is 0 Å². The number of nitrogens with one attached hydrogen (secondary N) is 3. The van der Waals surface area contributed by atoms with E-state index >= 15 is 0 Å². The second kappa shape index (κ2) is 9.51. The van der Waals surface area contributed by atoms with Gasteiger partial charge in [-0.3, -0.25) is 4.72 Å². The van der Waals surface area contributed by atoms with E-state index in [0.29, 0.717) is 10.8 Å². The predicted molar refractivity (Wildman–Crippen MR) is 120 cm³/mol. The van der Waals surface area contributed by atoms with Crippen LogP contribution in [0.15, 0.2) is 71.9 Å². The van der Waals surface area contributed by atoms with Crippen LogP contribution in [0.4, 0.5) is 11.5 Å². The molecule has 2 aromatic carbocycles. The van der Waals surface area contributed by atoms with Crippen LogP contribution >= 0.6 is 12.2 Å². The third-order valence-electron chi connectivity index (χ3n) is 4.16. The molecule has 1 aromatic heterocycles. The summed E-state index contributed by atoms with van der Waals surface area (Å²) in [4.78, 5) is 7.82. The Labute approximate surface area is 180 Å². The number of benzene rings is 2. The molecule has 0 fully saturated rings. The van der Waals surface area contributed by atoms with Crippen molar-refractivity contribution < 1.29 is 13.2 Å². The van der Waals surface area contributed by atoms with E-state index in [2.05, 4.69) is 25.3 Å². The zero-order valence-corrected chi connectivity index (χ0v) is 18.0. The smallest absolute Gasteiger partial charge is 0.263 e. The van der Waals surface area contributed by atoms with E-state index < -0.39 is 10.0 Å². The average Bonchev–Trinajstić information content (AvgIpc) is 2.74. The molecule has 156 valence electrons. The number of thiocarbonyl (C=S) groups is 1. The number of ether oxygens (including phenoxy) is 1. The van der Waals surface area contributed by atoms with Gasteiger partial charge in [-0.2, -0.15) is 0 Å². The second-order valence-corrected chi connectivity index (χ2v) is 8.40. The number of nitrogens with zero attached hydrogens (tertiary/aromatic N) is 2. The molecule has 0 bridgehead atoms. The van der Waals surface area contributed by atoms with Gasteiger partial charge >= 0.3 is 0 Å². The largest absolute Gasteiger partial charge is 0.481 e. The van der Waals surface area contributed by atoms with Crippen LogP contribution in [-0.2, 0) is 10.0 Å². The van der Waals surface area contributed by atoms with Crippen LogP contribution in [0.3, 0.4) is 0 Å². The van der Waals surface area contributed by atoms with E-state index in [-0.39, 0.29) is 22.6 Å². The SMILES string of the molecule is COc1cc(NS(=O)(=O)c2ccc(NC(=S)NC(C)c3ccccc3)cc2)ncn1. The van der Waals surface area contributed by atoms with Gasteiger partial charge in [0.15, 0.2) is 5.11 Å². The van der Waals surface area contributed by atoms with Gasteiger partial charge in [-0.1, -0.05) is 30.3 Å². The second-order valence-electron chi connectivity index (χ2n) is 6.31. The Morgan fingerprint density at radius 3 is 2.43 bits per heavy atom. The van der Waals surface area contributed by atoms with Gasteiger partial charge in [-0.15, -0.1) is 0 Å². The highest BCUT2D eigenvalue weighted by atomic mass is 32.2. The van der Waals surface area contributed by atoms with Crippen LogP contribution in [0.1, 0.15) is 18.5 Å². The van der Waals surface area contributed by atoms with E-state index in [1.54, 1.807) is 12.1 Å². The van der Waals surface area contributed by atoms with Crippen molar-refractivity contribution >= 4 is 38.9 Å². The predicted octanol–water partition coefficient (Wildman–Crippen LogP) is 3.33. The van der Waals surface area contributed by atoms with Crippen molar-refractivity contribution in [1.29, 1.82) is 0 Å². The third kappa shape index (κ3) is 5.65. The van der Waals surface area contributed by atoms with Crippen LogP contribution in [0.2, 0.25) is 0 Å². The lowest BCUT2D eigenvalue weighted by Crippen LogP contribution is -2.30. The van der Waals surface area contributed by atoms with Crippen LogP contribution in [-0.4, -0.2) is 30.6 Å². The summed E-state index contributed by atoms with van der Waals surface area (Å²) in [5, 5.41) is 6.69. The maximum atomic E-state index is 12.6. The molecule has 0 saturated heterocycles. The Morgan fingerprint density at radius 1 is 1.07 bits per heavy atom. The van der Waals surface area contributed by atoms with Crippen molar-refractivity contribution in [3.8, 4) is 5.88 Å². The van der Waals surface area contributed by atoms with E-state index in [4.69, 9.17) is 17.0 Å². The highest BCUT2D eigenvalue weighted by molar-refractivity contribution is 7.92. The minimum Gasteiger partial charge on any atom is -0.481 e. The number of aromatic nitrogens is 2. The van der Waals surface area contributed by atoms with Gasteiger partial charge < -0.3 is 15.4 Å². The van der Waals surface area contributed by atoms with Gasteiger partial charge in [0.2, 0.25) is 5.88 Å². The molecule has 30 heavy (non-hydrogen) atoms. The van der Waals surface area contributed by atoms with Gasteiger partial charge in [0, 0.05) is 11.8 Å². The minimum absolute atomic E-state index is 0.0277. The summed E-state index contributed by atoms with van der Waals surface area (Å²) < 4.78 is 32.5. The minimum atomic E-state index is -3.81. The Balaban J connectivity index is 1.63. The Hall–Kier alpha value is -3.24. The summed E-state index contributed by atoms with van der Waals surface area (Å²) >= 11 is 5.35. The highest BCUT2D eigenvalue weighted by Gasteiger charge is 2.15. The summed E-state index contributed by atoms with van der Waals surface area (Å²) in [6, 6.07) is 17.6. The molecule has 10 heteroatoms. The maximum absolute atomic E-state index is 12.6. The average molecular weight is 444 g/mol. The first-order valence-electron chi connectivity index (χ1n) is 8.99. The van der Waals surface area contributed by atoms with Crippen molar-refractivity contribution in [3.05, 3.63) is 72.6 Å². The molecule has 8 nitrogen and oxygen atoms in total. The molecule has 3 aromatic rings. The van der Waals surface area contributed by atoms with Gasteiger partial charge in [0.25, 0.3) is 10.0 Å². The lowest BCUT2D eigenvalue weighted by molar-refractivity contribution is 0.397. The fraction of sp³-hybridized carbons (Fsp3) is 0.150. The van der Waals surface area contributed by atoms with Crippen molar-refractivity contribution in [2.75, 3.05) is 17.1 Å². The molecular formula is C20H21N5O3S2. The Morgan fingerprint density at radius 2 is 1.77 bits per heavy atom. The van der Waals surface area contributed by atoms with Gasteiger partial charge in [-0.25, -0.2) is 18.4 Å². The van der Waals surface area contributed by atoms with Gasteiger partial charge in [-0.05, 0) is 49.0 Å². The molecule has 0 spiro atoms. The summed E-state index contributed by atoms with van der Waals surface area (Å²) in [7, 11) is -2.37. The van der Waals surface area contributed by atoms with Crippen molar-refractivity contribution in [1.82, 2.24) is 15.3 Å². The van der Waals surface area contributed by atoms with Crippen molar-refractivity contribution in [2.24, 2.45) is 0 Å². The molecule has 0 saturated carbocycles. The third-order valence-corrected chi connectivity index (χ3v) is 5.75. The number of hydrogen-bond acceptors (Lipinski definition) is 6. The van der Waals surface area contributed by atoms with E-state index in [0.717, 1.165) is 5.56 Å². The van der Waals surface area contributed by atoms with Crippen LogP contribution < -0.4 is 20.1 Å². The first-order chi connectivity index (χ1) is 14.4. The van der Waals surface area contributed by atoms with Gasteiger partial charge in [0.05, 0.1) is 18.0 Å². The topological polar surface area (TPSA) is 105 Å². The zero-order chi connectivity index (χ0) is 21.6. The number of sulfonamides is 1. The lowest BCUT2D eigenvalue weighted by Gasteiger charge is -2.17. The number of rotatable bonds is 7. The fourth-order valence-electron chi connectivity index (χ4n) is 2.61. The molecule has 0 aliphatic rings. The molecule has 3 N–H and O–H groups in total. The molecule has 3 rings (SSSR count). The molecule has 0 aliphatic heterocycles. The summed E-state index contributed by atoms with van der Waals surface area (Å²) in [5.41, 5.74) is 1.77. The summed E-state index contributed by atoms with van der Waals surface area (Å²) in [5.74, 6) is 0.373. The quantitative estimate of drug-likeness (QED) is 0.478. The Kier molecular flexibility index (Phi) is 6.80. The number of methoxy groups -OCH3 is 1. The lowest BCUT2D eigenvalue weighted by atomic mass is 10.1. The van der Waals surface area contributed by atoms with Gasteiger partial charge in [0.1, 0.15) is 12.1 Å². The van der Waals surface area contributed by atoms with Crippen molar-refractivity contribution in [2.45, 2.75) is 17.9 Å². The molecular weight excluding hydrogens is 422 g/mol. The monoisotopic (exact) mass is 443 g/mol. The highest BCUT2D eigenvalue weighted by Crippen LogP contribution is 2.19. The fourth-order valence-corrected chi connectivity index (χ4v) is 3.90. The normalized spacial score (nSPS) is 11.9. The summed E-state index contributed by atoms with van der Waals surface area (Å²) in [6.45, 7) is 2.01. The zero-order valence-electron chi connectivity index (χ0n) is 16.4. The van der Waals surface area contributed by atoms with Crippen LogP contribution in [0.25, 0.3) is 0 Å². The summed E-state index contributed by atoms with van der Waals surface area (Å²) in [6.07, 6.45) is 1.22. The molecule has 0 radical (unpaired) electrons. The van der Waals surface area contributed by atoms with Crippen molar-refractivity contribution in [3.63, 3.8) is 0 Å². The number of hydrogen-bond donors (Lipinski definition) is 3. The molecule has 1 heterocycles. The Bertz CT molecular complexity index is 1110. The number of anilines is 2. The van der Waals surface area contributed by atoms with E-state index in [1.807, 2.05) is 37.3 Å². The molecule has 1 unspecified atom stereocenters.